The van der Waals surface area contributed by atoms with Crippen LogP contribution in [-0.4, -0.2) is 24.4 Å². The first-order valence-corrected chi connectivity index (χ1v) is 9.01. The summed E-state index contributed by atoms with van der Waals surface area (Å²) in [5.41, 5.74) is 1.62. The van der Waals surface area contributed by atoms with Crippen molar-refractivity contribution in [1.29, 1.82) is 0 Å². The number of rotatable bonds is 4. The minimum atomic E-state index is -3.52. The first-order chi connectivity index (χ1) is 10.5. The van der Waals surface area contributed by atoms with Crippen molar-refractivity contribution in [3.05, 3.63) is 47.3 Å². The van der Waals surface area contributed by atoms with Crippen molar-refractivity contribution in [3.8, 4) is 0 Å². The van der Waals surface area contributed by atoms with E-state index in [1.807, 2.05) is 32.0 Å². The van der Waals surface area contributed by atoms with E-state index in [0.29, 0.717) is 17.2 Å². The van der Waals surface area contributed by atoms with Gasteiger partial charge in [0.1, 0.15) is 0 Å². The lowest BCUT2D eigenvalue weighted by atomic mass is 10.1. The second-order valence-corrected chi connectivity index (χ2v) is 7.47. The van der Waals surface area contributed by atoms with Gasteiger partial charge in [-0.05, 0) is 37.8 Å². The number of hydrogen-bond acceptors (Lipinski definition) is 4. The monoisotopic (exact) mass is 320 g/mol. The first kappa shape index (κ1) is 15.2. The van der Waals surface area contributed by atoms with Gasteiger partial charge in [0, 0.05) is 12.6 Å². The lowest BCUT2D eigenvalue weighted by molar-refractivity contribution is 0.296. The Morgan fingerprint density at radius 3 is 2.82 bits per heavy atom. The van der Waals surface area contributed by atoms with Crippen LogP contribution in [0.2, 0.25) is 0 Å². The van der Waals surface area contributed by atoms with Crippen molar-refractivity contribution < 1.29 is 12.9 Å². The zero-order valence-electron chi connectivity index (χ0n) is 12.8. The Morgan fingerprint density at radius 2 is 2.14 bits per heavy atom. The Labute approximate surface area is 131 Å². The number of sulfonamides is 1. The highest BCUT2D eigenvalue weighted by Gasteiger charge is 2.38. The average Bonchev–Trinajstić information content (AvgIpc) is 3.16. The van der Waals surface area contributed by atoms with Crippen LogP contribution in [0.4, 0.5) is 0 Å². The molecule has 22 heavy (non-hydrogen) atoms. The number of aryl methyl sites for hydroxylation is 2. The summed E-state index contributed by atoms with van der Waals surface area (Å²) < 4.78 is 32.9. The number of hydrogen-bond donors (Lipinski definition) is 0. The summed E-state index contributed by atoms with van der Waals surface area (Å²) >= 11 is 0. The van der Waals surface area contributed by atoms with Crippen molar-refractivity contribution in [1.82, 2.24) is 9.46 Å². The molecule has 0 amide bonds. The van der Waals surface area contributed by atoms with Gasteiger partial charge in [-0.3, -0.25) is 0 Å². The van der Waals surface area contributed by atoms with Crippen molar-refractivity contribution >= 4 is 10.0 Å². The molecule has 0 bridgehead atoms. The summed E-state index contributed by atoms with van der Waals surface area (Å²) in [4.78, 5) is 0.372. The van der Waals surface area contributed by atoms with E-state index in [0.717, 1.165) is 30.5 Å². The fourth-order valence-electron chi connectivity index (χ4n) is 2.94. The van der Waals surface area contributed by atoms with Gasteiger partial charge in [-0.2, -0.15) is 4.31 Å². The quantitative estimate of drug-likeness (QED) is 0.868. The zero-order chi connectivity index (χ0) is 15.7. The first-order valence-electron chi connectivity index (χ1n) is 7.57. The van der Waals surface area contributed by atoms with Crippen LogP contribution < -0.4 is 0 Å². The molecular formula is C16H20N2O3S. The smallest absolute Gasteiger partial charge is 0.244 e. The summed E-state index contributed by atoms with van der Waals surface area (Å²) in [6.45, 7) is 4.34. The summed E-state index contributed by atoms with van der Waals surface area (Å²) in [5, 5.41) is 3.99. The fourth-order valence-corrected chi connectivity index (χ4v) is 4.83. The molecule has 0 saturated carbocycles. The maximum atomic E-state index is 13.0. The molecule has 0 unspecified atom stereocenters. The van der Waals surface area contributed by atoms with Crippen molar-refractivity contribution in [2.45, 2.75) is 44.0 Å². The standard InChI is InChI=1S/C16H20N2O3S/c1-3-13-11-15(21-17-13)14-8-6-10-18(14)22(19,20)16-9-5-4-7-12(16)2/h4-5,7,9,11,14H,3,6,8,10H2,1-2H3/t14-/m1/s1. The molecule has 1 aliphatic heterocycles. The Bertz CT molecular complexity index is 767. The Morgan fingerprint density at radius 1 is 1.36 bits per heavy atom. The van der Waals surface area contributed by atoms with Crippen LogP contribution in [0.3, 0.4) is 0 Å². The van der Waals surface area contributed by atoms with Crippen LogP contribution in [0, 0.1) is 6.92 Å². The molecule has 1 aromatic carbocycles. The molecule has 1 fully saturated rings. The van der Waals surface area contributed by atoms with Gasteiger partial charge in [-0.1, -0.05) is 30.3 Å². The Kier molecular flexibility index (Phi) is 4.06. The summed E-state index contributed by atoms with van der Waals surface area (Å²) in [6, 6.07) is 8.71. The van der Waals surface area contributed by atoms with Crippen molar-refractivity contribution in [3.63, 3.8) is 0 Å². The minimum absolute atomic E-state index is 0.252. The highest BCUT2D eigenvalue weighted by atomic mass is 32.2. The second-order valence-electron chi connectivity index (χ2n) is 5.61. The Balaban J connectivity index is 1.97. The van der Waals surface area contributed by atoms with E-state index in [4.69, 9.17) is 4.52 Å². The van der Waals surface area contributed by atoms with Gasteiger partial charge in [0.05, 0.1) is 16.6 Å². The lowest BCUT2D eigenvalue weighted by Crippen LogP contribution is -2.31. The summed E-state index contributed by atoms with van der Waals surface area (Å²) in [7, 11) is -3.52. The molecule has 1 aliphatic rings. The third-order valence-electron chi connectivity index (χ3n) is 4.15. The van der Waals surface area contributed by atoms with Crippen LogP contribution in [0.15, 0.2) is 39.8 Å². The van der Waals surface area contributed by atoms with E-state index in [9.17, 15) is 8.42 Å². The molecule has 3 rings (SSSR count). The number of benzene rings is 1. The maximum absolute atomic E-state index is 13.0. The predicted octanol–water partition coefficient (Wildman–Crippen LogP) is 3.07. The molecule has 118 valence electrons. The second kappa shape index (κ2) is 5.85. The van der Waals surface area contributed by atoms with Crippen molar-refractivity contribution in [2.24, 2.45) is 0 Å². The number of nitrogens with zero attached hydrogens (tertiary/aromatic N) is 2. The summed E-state index contributed by atoms with van der Waals surface area (Å²) in [6.07, 6.45) is 2.38. The van der Waals surface area contributed by atoms with Gasteiger partial charge in [0.25, 0.3) is 0 Å². The van der Waals surface area contributed by atoms with Gasteiger partial charge in [0.2, 0.25) is 10.0 Å². The van der Waals surface area contributed by atoms with Crippen LogP contribution >= 0.6 is 0 Å². The molecule has 6 heteroatoms. The van der Waals surface area contributed by atoms with Gasteiger partial charge < -0.3 is 4.52 Å². The third-order valence-corrected chi connectivity index (χ3v) is 6.22. The van der Waals surface area contributed by atoms with E-state index >= 15 is 0 Å². The van der Waals surface area contributed by atoms with Crippen LogP contribution in [-0.2, 0) is 16.4 Å². The molecule has 5 nitrogen and oxygen atoms in total. The molecule has 2 heterocycles. The highest BCUT2D eigenvalue weighted by Crippen LogP contribution is 2.37. The van der Waals surface area contributed by atoms with Crippen LogP contribution in [0.1, 0.15) is 42.8 Å². The van der Waals surface area contributed by atoms with Gasteiger partial charge in [0.15, 0.2) is 5.76 Å². The Hall–Kier alpha value is -1.66. The molecule has 1 aromatic heterocycles. The molecule has 0 aliphatic carbocycles. The molecular weight excluding hydrogens is 300 g/mol. The molecule has 0 spiro atoms. The van der Waals surface area contributed by atoms with Gasteiger partial charge in [-0.25, -0.2) is 8.42 Å². The molecule has 0 N–H and O–H groups in total. The highest BCUT2D eigenvalue weighted by molar-refractivity contribution is 7.89. The lowest BCUT2D eigenvalue weighted by Gasteiger charge is -2.23. The van der Waals surface area contributed by atoms with Crippen LogP contribution in [0.5, 0.6) is 0 Å². The molecule has 0 radical (unpaired) electrons. The SMILES string of the molecule is CCc1cc([C@H]2CCCN2S(=O)(=O)c2ccccc2C)on1. The predicted molar refractivity (Wildman–Crippen MR) is 82.9 cm³/mol. The van der Waals surface area contributed by atoms with E-state index in [-0.39, 0.29) is 6.04 Å². The maximum Gasteiger partial charge on any atom is 0.244 e. The average molecular weight is 320 g/mol. The molecule has 1 atom stereocenters. The van der Waals surface area contributed by atoms with E-state index in [2.05, 4.69) is 5.16 Å². The molecule has 2 aromatic rings. The van der Waals surface area contributed by atoms with E-state index < -0.39 is 10.0 Å². The fraction of sp³-hybridized carbons (Fsp3) is 0.438. The van der Waals surface area contributed by atoms with Crippen molar-refractivity contribution in [2.75, 3.05) is 6.54 Å². The van der Waals surface area contributed by atoms with E-state index in [1.165, 1.54) is 0 Å². The van der Waals surface area contributed by atoms with Gasteiger partial charge in [-0.15, -0.1) is 0 Å². The van der Waals surface area contributed by atoms with Gasteiger partial charge >= 0.3 is 0 Å². The minimum Gasteiger partial charge on any atom is -0.359 e. The number of aromatic nitrogens is 1. The van der Waals surface area contributed by atoms with Crippen LogP contribution in [0.25, 0.3) is 0 Å². The topological polar surface area (TPSA) is 63.4 Å². The molecule has 1 saturated heterocycles. The van der Waals surface area contributed by atoms with E-state index in [1.54, 1.807) is 16.4 Å². The summed E-state index contributed by atoms with van der Waals surface area (Å²) in [5.74, 6) is 0.645. The normalized spacial score (nSPS) is 19.6. The third kappa shape index (κ3) is 2.57. The largest absolute Gasteiger partial charge is 0.359 e. The zero-order valence-corrected chi connectivity index (χ0v) is 13.6.